The van der Waals surface area contributed by atoms with E-state index in [9.17, 15) is 9.59 Å². The Morgan fingerprint density at radius 1 is 0.818 bits per heavy atom. The Labute approximate surface area is 137 Å². The zero-order valence-electron chi connectivity index (χ0n) is 11.9. The quantitative estimate of drug-likeness (QED) is 0.155. The van der Waals surface area contributed by atoms with Gasteiger partial charge in [0.25, 0.3) is 0 Å². The molecule has 0 saturated carbocycles. The van der Waals surface area contributed by atoms with Crippen molar-refractivity contribution in [3.05, 3.63) is 0 Å². The maximum atomic E-state index is 10.1. The summed E-state index contributed by atoms with van der Waals surface area (Å²) in [6.45, 7) is 0.892. The second-order valence-corrected chi connectivity index (χ2v) is 3.50. The molecular formula is C10H20O11Ti. The second-order valence-electron chi connectivity index (χ2n) is 3.50. The van der Waals surface area contributed by atoms with Crippen LogP contribution >= 0.6 is 0 Å². The Kier molecular flexibility index (Phi) is 19.7. The molecule has 11 nitrogen and oxygen atoms in total. The predicted molar refractivity (Wildman–Crippen MR) is 62.4 cm³/mol. The first-order valence-electron chi connectivity index (χ1n) is 5.64. The van der Waals surface area contributed by atoms with E-state index in [1.165, 1.54) is 0 Å². The number of ether oxygens (including phenoxy) is 2. The number of aliphatic hydroxyl groups excluding tert-OH is 6. The molecule has 0 aliphatic carbocycles. The SMILES string of the molecule is CC(=O)OC(O)C(O)CO.CC(=O)OC(O)C(O)CO.[O]=[Ti]. The first-order chi connectivity index (χ1) is 10.1. The van der Waals surface area contributed by atoms with Crippen molar-refractivity contribution in [3.8, 4) is 0 Å². The van der Waals surface area contributed by atoms with Crippen molar-refractivity contribution in [2.24, 2.45) is 0 Å². The molecule has 0 aliphatic heterocycles. The van der Waals surface area contributed by atoms with Gasteiger partial charge in [-0.3, -0.25) is 9.59 Å². The Morgan fingerprint density at radius 2 is 1.05 bits per heavy atom. The van der Waals surface area contributed by atoms with Gasteiger partial charge in [0, 0.05) is 13.8 Å². The normalized spacial score (nSPS) is 14.7. The summed E-state index contributed by atoms with van der Waals surface area (Å²) in [6, 6.07) is 0. The molecule has 0 radical (unpaired) electrons. The van der Waals surface area contributed by atoms with E-state index in [2.05, 4.69) is 9.47 Å². The van der Waals surface area contributed by atoms with Crippen LogP contribution in [-0.2, 0) is 42.8 Å². The van der Waals surface area contributed by atoms with Crippen LogP contribution < -0.4 is 0 Å². The molecule has 6 N–H and O–H groups in total. The van der Waals surface area contributed by atoms with E-state index in [4.69, 9.17) is 34.0 Å². The van der Waals surface area contributed by atoms with Crippen LogP contribution in [0.2, 0.25) is 0 Å². The summed E-state index contributed by atoms with van der Waals surface area (Å²) in [4.78, 5) is 20.2. The molecule has 130 valence electrons. The van der Waals surface area contributed by atoms with Crippen LogP contribution in [0.1, 0.15) is 13.8 Å². The first kappa shape index (κ1) is 26.1. The minimum atomic E-state index is -1.64. The molecule has 0 aromatic heterocycles. The number of hydrogen-bond donors (Lipinski definition) is 6. The number of carbonyl (C=O) groups excluding carboxylic acids is 2. The third kappa shape index (κ3) is 17.3. The standard InChI is InChI=1S/2C5H10O5.O.Ti/c2*1-3(7)10-5(9)4(8)2-6;;/h2*4-6,8-9H,2H2,1H3;;. The molecule has 0 spiro atoms. The zero-order valence-corrected chi connectivity index (χ0v) is 13.5. The summed E-state index contributed by atoms with van der Waals surface area (Å²) >= 11 is 0.750. The molecule has 12 heteroatoms. The van der Waals surface area contributed by atoms with Crippen molar-refractivity contribution in [3.63, 3.8) is 0 Å². The summed E-state index contributed by atoms with van der Waals surface area (Å²) in [5.41, 5.74) is 0. The molecule has 0 heterocycles. The van der Waals surface area contributed by atoms with Crippen LogP contribution in [0.25, 0.3) is 0 Å². The summed E-state index contributed by atoms with van der Waals surface area (Å²) in [5.74, 6) is -1.42. The van der Waals surface area contributed by atoms with Gasteiger partial charge >= 0.3 is 35.7 Å². The number of rotatable bonds is 6. The number of hydrogen-bond acceptors (Lipinski definition) is 11. The number of aliphatic hydroxyl groups is 6. The molecule has 0 aliphatic rings. The van der Waals surface area contributed by atoms with Gasteiger partial charge in [0.15, 0.2) is 0 Å². The molecular weight excluding hydrogens is 344 g/mol. The average Bonchev–Trinajstić information content (AvgIpc) is 2.46. The molecule has 0 aromatic carbocycles. The van der Waals surface area contributed by atoms with Gasteiger partial charge in [-0.15, -0.1) is 0 Å². The van der Waals surface area contributed by atoms with Gasteiger partial charge < -0.3 is 40.1 Å². The summed E-state index contributed by atoms with van der Waals surface area (Å²) < 4.78 is 16.5. The summed E-state index contributed by atoms with van der Waals surface area (Å²) in [6.07, 6.45) is -6.13. The number of esters is 2. The fourth-order valence-electron chi connectivity index (χ4n) is 0.678. The van der Waals surface area contributed by atoms with Gasteiger partial charge in [-0.1, -0.05) is 0 Å². The van der Waals surface area contributed by atoms with E-state index in [1.807, 2.05) is 0 Å². The Balaban J connectivity index is -0.000000294. The van der Waals surface area contributed by atoms with Gasteiger partial charge in [0.05, 0.1) is 13.2 Å². The van der Waals surface area contributed by atoms with Crippen molar-refractivity contribution >= 4 is 11.9 Å². The van der Waals surface area contributed by atoms with E-state index in [0.717, 1.165) is 34.3 Å². The van der Waals surface area contributed by atoms with Gasteiger partial charge in [0.2, 0.25) is 12.6 Å². The maximum absolute atomic E-state index is 10.1. The fraction of sp³-hybridized carbons (Fsp3) is 0.800. The van der Waals surface area contributed by atoms with E-state index in [-0.39, 0.29) is 0 Å². The van der Waals surface area contributed by atoms with Crippen molar-refractivity contribution in [2.75, 3.05) is 13.2 Å². The fourth-order valence-corrected chi connectivity index (χ4v) is 0.678. The van der Waals surface area contributed by atoms with E-state index in [0.29, 0.717) is 0 Å². The third-order valence-electron chi connectivity index (χ3n) is 1.61. The van der Waals surface area contributed by atoms with Gasteiger partial charge in [0.1, 0.15) is 12.2 Å². The monoisotopic (exact) mass is 364 g/mol. The Morgan fingerprint density at radius 3 is 1.18 bits per heavy atom. The second kappa shape index (κ2) is 16.6. The molecule has 0 aromatic rings. The van der Waals surface area contributed by atoms with Crippen LogP contribution in [0, 0.1) is 0 Å². The summed E-state index contributed by atoms with van der Waals surface area (Å²) in [5, 5.41) is 50.9. The van der Waals surface area contributed by atoms with Crippen molar-refractivity contribution < 1.29 is 73.4 Å². The molecule has 4 unspecified atom stereocenters. The van der Waals surface area contributed by atoms with Crippen LogP contribution in [0.15, 0.2) is 0 Å². The Hall–Kier alpha value is -0.786. The topological polar surface area (TPSA) is 191 Å². The van der Waals surface area contributed by atoms with E-state index >= 15 is 0 Å². The van der Waals surface area contributed by atoms with Crippen LogP contribution in [-0.4, -0.2) is 80.6 Å². The third-order valence-corrected chi connectivity index (χ3v) is 1.61. The molecule has 0 fully saturated rings. The number of carbonyl (C=O) groups is 2. The molecule has 4 atom stereocenters. The van der Waals surface area contributed by atoms with Gasteiger partial charge in [-0.2, -0.15) is 0 Å². The van der Waals surface area contributed by atoms with Crippen molar-refractivity contribution in [1.82, 2.24) is 0 Å². The molecule has 0 saturated heterocycles. The Bertz CT molecular complexity index is 273. The molecule has 0 bridgehead atoms. The van der Waals surface area contributed by atoms with Crippen molar-refractivity contribution in [2.45, 2.75) is 38.6 Å². The average molecular weight is 364 g/mol. The molecule has 0 amide bonds. The predicted octanol–water partition coefficient (Wildman–Crippen LogP) is -3.68. The van der Waals surface area contributed by atoms with Crippen LogP contribution in [0.3, 0.4) is 0 Å². The minimum absolute atomic E-state index is 0.644. The van der Waals surface area contributed by atoms with Crippen molar-refractivity contribution in [1.29, 1.82) is 0 Å². The zero-order chi connectivity index (χ0) is 18.3. The summed E-state index contributed by atoms with van der Waals surface area (Å²) in [7, 11) is 0. The van der Waals surface area contributed by atoms with Crippen LogP contribution in [0.4, 0.5) is 0 Å². The molecule has 22 heavy (non-hydrogen) atoms. The van der Waals surface area contributed by atoms with E-state index in [1.54, 1.807) is 0 Å². The van der Waals surface area contributed by atoms with Gasteiger partial charge in [-0.05, 0) is 0 Å². The van der Waals surface area contributed by atoms with Gasteiger partial charge in [-0.25, -0.2) is 0 Å². The molecule has 0 rings (SSSR count). The first-order valence-corrected chi connectivity index (χ1v) is 6.28. The van der Waals surface area contributed by atoms with Crippen LogP contribution in [0.5, 0.6) is 0 Å². The van der Waals surface area contributed by atoms with E-state index < -0.39 is 49.9 Å².